The molecule has 4 rings (SSSR count). The van der Waals surface area contributed by atoms with Crippen LogP contribution in [-0.2, 0) is 11.3 Å². The van der Waals surface area contributed by atoms with Crippen molar-refractivity contribution in [3.63, 3.8) is 0 Å². The number of nitrogen functional groups attached to an aromatic ring is 1. The van der Waals surface area contributed by atoms with Crippen LogP contribution in [0.1, 0.15) is 11.1 Å². The summed E-state index contributed by atoms with van der Waals surface area (Å²) in [5.41, 5.74) is 10.7. The molecule has 0 saturated heterocycles. The molecule has 4 aromatic rings. The zero-order chi connectivity index (χ0) is 21.6. The van der Waals surface area contributed by atoms with E-state index < -0.39 is 0 Å². The van der Waals surface area contributed by atoms with Gasteiger partial charge in [-0.05, 0) is 36.8 Å². The molecule has 0 unspecified atom stereocenters. The first-order valence-electron chi connectivity index (χ1n) is 9.92. The number of anilines is 1. The van der Waals surface area contributed by atoms with E-state index in [0.29, 0.717) is 23.2 Å². The Balaban J connectivity index is 1.51. The number of thioether (sulfide) groups is 1. The molecule has 0 bridgehead atoms. The minimum absolute atomic E-state index is 0.0568. The van der Waals surface area contributed by atoms with Crippen molar-refractivity contribution in [2.45, 2.75) is 18.6 Å². The number of benzene rings is 3. The molecular weight excluding hydrogens is 406 g/mol. The number of aromatic nitrogens is 3. The van der Waals surface area contributed by atoms with E-state index >= 15 is 0 Å². The van der Waals surface area contributed by atoms with Gasteiger partial charge < -0.3 is 11.1 Å². The smallest absolute Gasteiger partial charge is 0.230 e. The van der Waals surface area contributed by atoms with Gasteiger partial charge in [-0.1, -0.05) is 71.9 Å². The number of aryl methyl sites for hydroxylation is 1. The van der Waals surface area contributed by atoms with Gasteiger partial charge in [-0.15, -0.1) is 10.2 Å². The van der Waals surface area contributed by atoms with Crippen LogP contribution in [-0.4, -0.2) is 26.4 Å². The molecule has 0 radical (unpaired) electrons. The van der Waals surface area contributed by atoms with Crippen LogP contribution in [0, 0.1) is 6.92 Å². The van der Waals surface area contributed by atoms with Crippen molar-refractivity contribution in [2.24, 2.45) is 0 Å². The molecule has 156 valence electrons. The number of nitrogens with zero attached hydrogens (tertiary/aromatic N) is 3. The normalized spacial score (nSPS) is 10.7. The van der Waals surface area contributed by atoms with Crippen LogP contribution in [0.2, 0.25) is 0 Å². The topological polar surface area (TPSA) is 85.8 Å². The molecule has 0 aliphatic heterocycles. The van der Waals surface area contributed by atoms with Crippen LogP contribution >= 0.6 is 11.8 Å². The predicted octanol–water partition coefficient (Wildman–Crippen LogP) is 4.23. The molecule has 0 atom stereocenters. The maximum atomic E-state index is 12.4. The van der Waals surface area contributed by atoms with Crippen LogP contribution in [0.4, 0.5) is 5.69 Å². The number of carbonyl (C=O) groups is 1. The summed E-state index contributed by atoms with van der Waals surface area (Å²) in [6, 6.07) is 25.5. The van der Waals surface area contributed by atoms with Gasteiger partial charge in [-0.2, -0.15) is 0 Å². The molecule has 31 heavy (non-hydrogen) atoms. The minimum Gasteiger partial charge on any atom is -0.399 e. The van der Waals surface area contributed by atoms with Crippen LogP contribution in [0.5, 0.6) is 0 Å². The molecule has 7 heteroatoms. The van der Waals surface area contributed by atoms with Crippen LogP contribution in [0.3, 0.4) is 0 Å². The van der Waals surface area contributed by atoms with E-state index in [0.717, 1.165) is 16.8 Å². The fraction of sp³-hybridized carbons (Fsp3) is 0.125. The third-order valence-electron chi connectivity index (χ3n) is 4.74. The summed E-state index contributed by atoms with van der Waals surface area (Å²) in [7, 11) is 0. The summed E-state index contributed by atoms with van der Waals surface area (Å²) < 4.78 is 1.95. The monoisotopic (exact) mass is 429 g/mol. The Morgan fingerprint density at radius 1 is 1.00 bits per heavy atom. The lowest BCUT2D eigenvalue weighted by atomic mass is 10.1. The maximum Gasteiger partial charge on any atom is 0.230 e. The Morgan fingerprint density at radius 3 is 2.52 bits per heavy atom. The van der Waals surface area contributed by atoms with Gasteiger partial charge in [0.1, 0.15) is 0 Å². The van der Waals surface area contributed by atoms with Crippen molar-refractivity contribution in [2.75, 3.05) is 11.5 Å². The van der Waals surface area contributed by atoms with Gasteiger partial charge in [0.2, 0.25) is 5.91 Å². The first-order valence-corrected chi connectivity index (χ1v) is 10.9. The Morgan fingerprint density at radius 2 is 1.77 bits per heavy atom. The number of carbonyl (C=O) groups excluding carboxylic acids is 1. The maximum absolute atomic E-state index is 12.4. The number of nitrogens with one attached hydrogen (secondary N) is 1. The largest absolute Gasteiger partial charge is 0.399 e. The van der Waals surface area contributed by atoms with Gasteiger partial charge in [-0.25, -0.2) is 0 Å². The van der Waals surface area contributed by atoms with Crippen molar-refractivity contribution in [1.82, 2.24) is 20.1 Å². The summed E-state index contributed by atoms with van der Waals surface area (Å²) in [6.45, 7) is 2.54. The number of nitrogens with two attached hydrogens (primary N) is 1. The second-order valence-corrected chi connectivity index (χ2v) is 8.10. The Kier molecular flexibility index (Phi) is 6.33. The quantitative estimate of drug-likeness (QED) is 0.339. The van der Waals surface area contributed by atoms with Crippen molar-refractivity contribution in [3.8, 4) is 17.1 Å². The molecule has 1 heterocycles. The van der Waals surface area contributed by atoms with Crippen molar-refractivity contribution in [3.05, 3.63) is 90.0 Å². The van der Waals surface area contributed by atoms with E-state index in [1.54, 1.807) is 0 Å². The van der Waals surface area contributed by atoms with E-state index in [2.05, 4.69) is 15.5 Å². The van der Waals surface area contributed by atoms with Gasteiger partial charge >= 0.3 is 0 Å². The molecule has 6 nitrogen and oxygen atoms in total. The standard InChI is InChI=1S/C24H23N5OS/c1-17-10-12-18(13-11-17)15-26-22(30)16-31-24-28-27-23(19-6-5-7-20(25)14-19)29(24)21-8-3-2-4-9-21/h2-14H,15-16,25H2,1H3,(H,26,30). The molecule has 0 saturated carbocycles. The molecule has 3 aromatic carbocycles. The van der Waals surface area contributed by atoms with Crippen molar-refractivity contribution in [1.29, 1.82) is 0 Å². The highest BCUT2D eigenvalue weighted by Gasteiger charge is 2.17. The average molecular weight is 430 g/mol. The summed E-state index contributed by atoms with van der Waals surface area (Å²) in [6.07, 6.45) is 0. The summed E-state index contributed by atoms with van der Waals surface area (Å²) in [5, 5.41) is 12.3. The van der Waals surface area contributed by atoms with Crippen LogP contribution < -0.4 is 11.1 Å². The average Bonchev–Trinajstić information content (AvgIpc) is 3.22. The van der Waals surface area contributed by atoms with Gasteiger partial charge in [0.05, 0.1) is 5.75 Å². The van der Waals surface area contributed by atoms with E-state index in [1.165, 1.54) is 17.3 Å². The Labute approximate surface area is 185 Å². The highest BCUT2D eigenvalue weighted by Crippen LogP contribution is 2.28. The minimum atomic E-state index is -0.0568. The lowest BCUT2D eigenvalue weighted by Crippen LogP contribution is -2.24. The number of amides is 1. The second kappa shape index (κ2) is 9.49. The number of hydrogen-bond acceptors (Lipinski definition) is 5. The van der Waals surface area contributed by atoms with Crippen LogP contribution in [0.25, 0.3) is 17.1 Å². The summed E-state index contributed by atoms with van der Waals surface area (Å²) >= 11 is 1.35. The highest BCUT2D eigenvalue weighted by atomic mass is 32.2. The first kappa shape index (κ1) is 20.7. The molecule has 0 aliphatic rings. The third-order valence-corrected chi connectivity index (χ3v) is 5.66. The summed E-state index contributed by atoms with van der Waals surface area (Å²) in [5.74, 6) is 0.869. The zero-order valence-corrected chi connectivity index (χ0v) is 18.0. The van der Waals surface area contributed by atoms with Gasteiger partial charge in [0.25, 0.3) is 0 Å². The lowest BCUT2D eigenvalue weighted by molar-refractivity contribution is -0.118. The Hall–Kier alpha value is -3.58. The SMILES string of the molecule is Cc1ccc(CNC(=O)CSc2nnc(-c3cccc(N)c3)n2-c2ccccc2)cc1. The van der Waals surface area contributed by atoms with E-state index in [-0.39, 0.29) is 11.7 Å². The molecular formula is C24H23N5OS. The molecule has 1 aromatic heterocycles. The number of para-hydroxylation sites is 1. The fourth-order valence-corrected chi connectivity index (χ4v) is 3.91. The molecule has 0 fully saturated rings. The van der Waals surface area contributed by atoms with E-state index in [9.17, 15) is 4.79 Å². The van der Waals surface area contributed by atoms with E-state index in [1.807, 2.05) is 90.4 Å². The van der Waals surface area contributed by atoms with E-state index in [4.69, 9.17) is 5.73 Å². The third kappa shape index (κ3) is 5.13. The zero-order valence-electron chi connectivity index (χ0n) is 17.2. The van der Waals surface area contributed by atoms with Gasteiger partial charge in [-0.3, -0.25) is 9.36 Å². The molecule has 0 aliphatic carbocycles. The van der Waals surface area contributed by atoms with Gasteiger partial charge in [0.15, 0.2) is 11.0 Å². The highest BCUT2D eigenvalue weighted by molar-refractivity contribution is 7.99. The fourth-order valence-electron chi connectivity index (χ4n) is 3.13. The number of hydrogen-bond donors (Lipinski definition) is 2. The lowest BCUT2D eigenvalue weighted by Gasteiger charge is -2.11. The van der Waals surface area contributed by atoms with Crippen molar-refractivity contribution >= 4 is 23.4 Å². The first-order chi connectivity index (χ1) is 15.1. The molecule has 3 N–H and O–H groups in total. The molecule has 1 amide bonds. The number of rotatable bonds is 7. The molecule has 0 spiro atoms. The van der Waals surface area contributed by atoms with Crippen LogP contribution in [0.15, 0.2) is 84.0 Å². The van der Waals surface area contributed by atoms with Crippen molar-refractivity contribution < 1.29 is 4.79 Å². The van der Waals surface area contributed by atoms with Gasteiger partial charge in [0, 0.05) is 23.5 Å². The Bertz CT molecular complexity index is 1170. The second-order valence-electron chi connectivity index (χ2n) is 7.15. The predicted molar refractivity (Wildman–Crippen MR) is 125 cm³/mol. The summed E-state index contributed by atoms with van der Waals surface area (Å²) in [4.78, 5) is 12.4.